The fraction of sp³-hybridized carbons (Fsp3) is 0.500. The van der Waals surface area contributed by atoms with Crippen LogP contribution in [0.3, 0.4) is 0 Å². The normalized spacial score (nSPS) is 24.3. The van der Waals surface area contributed by atoms with Crippen molar-refractivity contribution in [3.05, 3.63) is 18.3 Å². The van der Waals surface area contributed by atoms with Crippen LogP contribution in [0, 0.1) is 5.92 Å². The Balaban J connectivity index is 1.82. The van der Waals surface area contributed by atoms with Gasteiger partial charge in [-0.1, -0.05) is 19.8 Å². The van der Waals surface area contributed by atoms with Gasteiger partial charge in [0.15, 0.2) is 0 Å². The number of fused-ring (bicyclic) bond motifs is 1. The van der Waals surface area contributed by atoms with Gasteiger partial charge < -0.3 is 11.1 Å². The van der Waals surface area contributed by atoms with E-state index in [2.05, 4.69) is 28.5 Å². The summed E-state index contributed by atoms with van der Waals surface area (Å²) >= 11 is 0. The van der Waals surface area contributed by atoms with E-state index >= 15 is 0 Å². The van der Waals surface area contributed by atoms with Crippen molar-refractivity contribution < 1.29 is 0 Å². The molecular formula is C14H20N4. The van der Waals surface area contributed by atoms with E-state index in [4.69, 9.17) is 5.73 Å². The number of benzene rings is 1. The van der Waals surface area contributed by atoms with Gasteiger partial charge in [-0.2, -0.15) is 5.10 Å². The zero-order valence-corrected chi connectivity index (χ0v) is 10.7. The third-order valence-corrected chi connectivity index (χ3v) is 3.91. The average Bonchev–Trinajstić information content (AvgIpc) is 2.76. The minimum Gasteiger partial charge on any atom is -0.397 e. The minimum atomic E-state index is 0.552. The van der Waals surface area contributed by atoms with Gasteiger partial charge >= 0.3 is 0 Å². The lowest BCUT2D eigenvalue weighted by molar-refractivity contribution is 0.359. The summed E-state index contributed by atoms with van der Waals surface area (Å²) in [5, 5.41) is 11.7. The number of nitrogen functional groups attached to an aromatic ring is 1. The maximum atomic E-state index is 6.09. The van der Waals surface area contributed by atoms with Crippen LogP contribution in [0.5, 0.6) is 0 Å². The van der Waals surface area contributed by atoms with E-state index in [0.29, 0.717) is 6.04 Å². The van der Waals surface area contributed by atoms with Gasteiger partial charge in [0.05, 0.1) is 23.1 Å². The van der Waals surface area contributed by atoms with E-state index in [9.17, 15) is 0 Å². The van der Waals surface area contributed by atoms with Gasteiger partial charge in [-0.3, -0.25) is 5.10 Å². The SMILES string of the molecule is CC1CCCC(Nc2cc3[nH]ncc3cc2N)C1. The first-order chi connectivity index (χ1) is 8.72. The van der Waals surface area contributed by atoms with Crippen molar-refractivity contribution in [2.75, 3.05) is 11.1 Å². The fourth-order valence-corrected chi connectivity index (χ4v) is 2.92. The zero-order chi connectivity index (χ0) is 12.5. The standard InChI is InChI=1S/C14H20N4/c1-9-3-2-4-11(5-9)17-14-7-13-10(6-12(14)15)8-16-18-13/h6-9,11,17H,2-5,15H2,1H3,(H,16,18). The second kappa shape index (κ2) is 4.52. The van der Waals surface area contributed by atoms with Gasteiger partial charge in [0, 0.05) is 11.4 Å². The molecule has 1 aromatic heterocycles. The highest BCUT2D eigenvalue weighted by Gasteiger charge is 2.19. The monoisotopic (exact) mass is 244 g/mol. The highest BCUT2D eigenvalue weighted by atomic mass is 15.1. The van der Waals surface area contributed by atoms with Gasteiger partial charge in [-0.05, 0) is 30.9 Å². The molecule has 2 unspecified atom stereocenters. The third kappa shape index (κ3) is 2.15. The van der Waals surface area contributed by atoms with Crippen LogP contribution in [-0.2, 0) is 0 Å². The predicted molar refractivity (Wildman–Crippen MR) is 75.5 cm³/mol. The van der Waals surface area contributed by atoms with Crippen LogP contribution in [0.1, 0.15) is 32.6 Å². The number of nitrogens with two attached hydrogens (primary N) is 1. The summed E-state index contributed by atoms with van der Waals surface area (Å²) < 4.78 is 0. The maximum absolute atomic E-state index is 6.09. The van der Waals surface area contributed by atoms with Crippen molar-refractivity contribution in [2.24, 2.45) is 5.92 Å². The quantitative estimate of drug-likeness (QED) is 0.711. The minimum absolute atomic E-state index is 0.552. The van der Waals surface area contributed by atoms with E-state index in [-0.39, 0.29) is 0 Å². The molecule has 4 nitrogen and oxygen atoms in total. The molecule has 0 spiro atoms. The molecule has 0 aliphatic heterocycles. The summed E-state index contributed by atoms with van der Waals surface area (Å²) in [6.45, 7) is 2.33. The Morgan fingerprint density at radius 1 is 1.39 bits per heavy atom. The third-order valence-electron chi connectivity index (χ3n) is 3.91. The summed E-state index contributed by atoms with van der Waals surface area (Å²) in [6, 6.07) is 4.60. The number of aromatic amines is 1. The van der Waals surface area contributed by atoms with Crippen LogP contribution in [0.25, 0.3) is 10.9 Å². The molecule has 0 radical (unpaired) electrons. The fourth-order valence-electron chi connectivity index (χ4n) is 2.92. The van der Waals surface area contributed by atoms with E-state index in [1.807, 2.05) is 6.07 Å². The summed E-state index contributed by atoms with van der Waals surface area (Å²) in [6.07, 6.45) is 6.95. The van der Waals surface area contributed by atoms with Crippen molar-refractivity contribution in [2.45, 2.75) is 38.6 Å². The summed E-state index contributed by atoms with van der Waals surface area (Å²) in [7, 11) is 0. The largest absolute Gasteiger partial charge is 0.397 e. The molecule has 1 aliphatic carbocycles. The topological polar surface area (TPSA) is 66.7 Å². The van der Waals surface area contributed by atoms with Gasteiger partial charge in [-0.25, -0.2) is 0 Å². The zero-order valence-electron chi connectivity index (χ0n) is 10.7. The van der Waals surface area contributed by atoms with Gasteiger partial charge in [0.2, 0.25) is 0 Å². The van der Waals surface area contributed by atoms with Crippen molar-refractivity contribution in [1.29, 1.82) is 0 Å². The summed E-state index contributed by atoms with van der Waals surface area (Å²) in [4.78, 5) is 0. The number of H-pyrrole nitrogens is 1. The molecule has 1 fully saturated rings. The molecule has 3 rings (SSSR count). The molecule has 2 aromatic rings. The van der Waals surface area contributed by atoms with Crippen molar-refractivity contribution >= 4 is 22.3 Å². The smallest absolute Gasteiger partial charge is 0.0672 e. The van der Waals surface area contributed by atoms with E-state index in [1.165, 1.54) is 25.7 Å². The van der Waals surface area contributed by atoms with Crippen LogP contribution < -0.4 is 11.1 Å². The number of anilines is 2. The van der Waals surface area contributed by atoms with Gasteiger partial charge in [-0.15, -0.1) is 0 Å². The lowest BCUT2D eigenvalue weighted by Gasteiger charge is -2.28. The molecule has 1 saturated carbocycles. The molecule has 0 bridgehead atoms. The second-order valence-corrected chi connectivity index (χ2v) is 5.51. The van der Waals surface area contributed by atoms with Crippen molar-refractivity contribution in [3.8, 4) is 0 Å². The Morgan fingerprint density at radius 3 is 3.11 bits per heavy atom. The van der Waals surface area contributed by atoms with Crippen molar-refractivity contribution in [1.82, 2.24) is 10.2 Å². The molecule has 18 heavy (non-hydrogen) atoms. The number of nitrogens with zero attached hydrogens (tertiary/aromatic N) is 1. The van der Waals surface area contributed by atoms with Crippen LogP contribution in [0.2, 0.25) is 0 Å². The first-order valence-electron chi connectivity index (χ1n) is 6.71. The maximum Gasteiger partial charge on any atom is 0.0672 e. The van der Waals surface area contributed by atoms with E-state index in [1.54, 1.807) is 6.20 Å². The highest BCUT2D eigenvalue weighted by molar-refractivity contribution is 5.88. The lowest BCUT2D eigenvalue weighted by Crippen LogP contribution is -2.26. The summed E-state index contributed by atoms with van der Waals surface area (Å²) in [5.41, 5.74) is 8.97. The molecule has 0 saturated heterocycles. The van der Waals surface area contributed by atoms with Crippen LogP contribution in [-0.4, -0.2) is 16.2 Å². The Morgan fingerprint density at radius 2 is 2.28 bits per heavy atom. The van der Waals surface area contributed by atoms with Crippen LogP contribution >= 0.6 is 0 Å². The number of hydrogen-bond donors (Lipinski definition) is 3. The van der Waals surface area contributed by atoms with Gasteiger partial charge in [0.1, 0.15) is 0 Å². The highest BCUT2D eigenvalue weighted by Crippen LogP contribution is 2.30. The Labute approximate surface area is 107 Å². The molecule has 1 aromatic carbocycles. The van der Waals surface area contributed by atoms with Crippen molar-refractivity contribution in [3.63, 3.8) is 0 Å². The predicted octanol–water partition coefficient (Wildman–Crippen LogP) is 3.14. The van der Waals surface area contributed by atoms with Crippen LogP contribution in [0.4, 0.5) is 11.4 Å². The Bertz CT molecular complexity index is 546. The molecule has 2 atom stereocenters. The van der Waals surface area contributed by atoms with E-state index in [0.717, 1.165) is 28.2 Å². The molecule has 96 valence electrons. The number of rotatable bonds is 2. The Kier molecular flexibility index (Phi) is 2.86. The lowest BCUT2D eigenvalue weighted by atomic mass is 9.87. The van der Waals surface area contributed by atoms with Gasteiger partial charge in [0.25, 0.3) is 0 Å². The molecule has 1 aliphatic rings. The molecule has 4 heteroatoms. The summed E-state index contributed by atoms with van der Waals surface area (Å²) in [5.74, 6) is 0.813. The van der Waals surface area contributed by atoms with Crippen LogP contribution in [0.15, 0.2) is 18.3 Å². The molecule has 1 heterocycles. The molecule has 0 amide bonds. The first-order valence-corrected chi connectivity index (χ1v) is 6.71. The van der Waals surface area contributed by atoms with E-state index < -0.39 is 0 Å². The second-order valence-electron chi connectivity index (χ2n) is 5.51. The average molecular weight is 244 g/mol. The number of aromatic nitrogens is 2. The number of nitrogens with one attached hydrogen (secondary N) is 2. The Hall–Kier alpha value is -1.71. The molecular weight excluding hydrogens is 224 g/mol. The first kappa shape index (κ1) is 11.4. The number of hydrogen-bond acceptors (Lipinski definition) is 3. The molecule has 4 N–H and O–H groups in total.